The van der Waals surface area contributed by atoms with Crippen LogP contribution in [0.2, 0.25) is 0 Å². The van der Waals surface area contributed by atoms with Crippen LogP contribution in [0.4, 0.5) is 0 Å². The maximum Gasteiger partial charge on any atom is 0.0967 e. The van der Waals surface area contributed by atoms with E-state index in [-0.39, 0.29) is 12.4 Å². The molecule has 136 valence electrons. The lowest BCUT2D eigenvalue weighted by molar-refractivity contribution is 0.152. The quantitative estimate of drug-likeness (QED) is 0.735. The van der Waals surface area contributed by atoms with Gasteiger partial charge in [-0.3, -0.25) is 14.9 Å². The second-order valence-corrected chi connectivity index (χ2v) is 6.24. The zero-order chi connectivity index (χ0) is 16.9. The Labute approximate surface area is 158 Å². The molecule has 1 unspecified atom stereocenters. The number of halogens is 1. The van der Waals surface area contributed by atoms with Crippen LogP contribution in [0, 0.1) is 0 Å². The molecule has 1 fully saturated rings. The van der Waals surface area contributed by atoms with E-state index in [1.807, 2.05) is 41.6 Å². The summed E-state index contributed by atoms with van der Waals surface area (Å²) in [4.78, 5) is 10.7. The van der Waals surface area contributed by atoms with Crippen molar-refractivity contribution in [3.63, 3.8) is 0 Å². The molecule has 4 rings (SSSR count). The molecule has 1 atom stereocenters. The number of nitrogens with one attached hydrogen (secondary N) is 1. The predicted octanol–water partition coefficient (Wildman–Crippen LogP) is 1.68. The Kier molecular flexibility index (Phi) is 6.27. The fourth-order valence-electron chi connectivity index (χ4n) is 3.22. The standard InChI is InChI=1S/C18H21N7.ClH/c1-2-15(10-20-5-1)12-25-14-17(22-23-25)13-24-9-8-21-11-18(24)16-3-6-19-7-4-16;/h1-7,10,14,18,21H,8-9,11-13H2;1H. The van der Waals surface area contributed by atoms with E-state index in [1.165, 1.54) is 5.56 Å². The maximum atomic E-state index is 4.35. The van der Waals surface area contributed by atoms with Crippen molar-refractivity contribution in [2.24, 2.45) is 0 Å². The zero-order valence-corrected chi connectivity index (χ0v) is 15.2. The summed E-state index contributed by atoms with van der Waals surface area (Å²) in [5.74, 6) is 0. The van der Waals surface area contributed by atoms with Gasteiger partial charge in [0.15, 0.2) is 0 Å². The number of hydrogen-bond acceptors (Lipinski definition) is 6. The maximum absolute atomic E-state index is 4.35. The molecule has 0 saturated carbocycles. The van der Waals surface area contributed by atoms with Gasteiger partial charge in [-0.15, -0.1) is 17.5 Å². The van der Waals surface area contributed by atoms with Gasteiger partial charge in [0.1, 0.15) is 0 Å². The van der Waals surface area contributed by atoms with Gasteiger partial charge in [0, 0.05) is 57.0 Å². The Bertz CT molecular complexity index is 794. The minimum absolute atomic E-state index is 0. The molecule has 0 spiro atoms. The molecule has 26 heavy (non-hydrogen) atoms. The van der Waals surface area contributed by atoms with Crippen molar-refractivity contribution in [2.45, 2.75) is 19.1 Å². The molecule has 0 bridgehead atoms. The molecular weight excluding hydrogens is 350 g/mol. The van der Waals surface area contributed by atoms with Crippen LogP contribution in [-0.2, 0) is 13.1 Å². The van der Waals surface area contributed by atoms with Crippen LogP contribution in [0.1, 0.15) is 22.9 Å². The van der Waals surface area contributed by atoms with Gasteiger partial charge in [-0.05, 0) is 29.3 Å². The number of rotatable bonds is 5. The van der Waals surface area contributed by atoms with Crippen LogP contribution in [0.15, 0.2) is 55.2 Å². The molecule has 7 nitrogen and oxygen atoms in total. The summed E-state index contributed by atoms with van der Waals surface area (Å²) in [6, 6.07) is 8.49. The Morgan fingerprint density at radius 2 is 1.96 bits per heavy atom. The van der Waals surface area contributed by atoms with Gasteiger partial charge in [0.2, 0.25) is 0 Å². The largest absolute Gasteiger partial charge is 0.314 e. The first-order valence-corrected chi connectivity index (χ1v) is 8.51. The van der Waals surface area contributed by atoms with E-state index in [2.05, 4.69) is 42.6 Å². The third-order valence-electron chi connectivity index (χ3n) is 4.46. The average molecular weight is 372 g/mol. The average Bonchev–Trinajstić information content (AvgIpc) is 3.10. The van der Waals surface area contributed by atoms with Gasteiger partial charge in [-0.1, -0.05) is 11.3 Å². The molecule has 1 aliphatic heterocycles. The van der Waals surface area contributed by atoms with Crippen molar-refractivity contribution in [3.8, 4) is 0 Å². The molecule has 8 heteroatoms. The monoisotopic (exact) mass is 371 g/mol. The van der Waals surface area contributed by atoms with Crippen LogP contribution >= 0.6 is 12.4 Å². The molecule has 0 radical (unpaired) electrons. The van der Waals surface area contributed by atoms with Crippen molar-refractivity contribution in [3.05, 3.63) is 72.1 Å². The van der Waals surface area contributed by atoms with Crippen LogP contribution in [0.3, 0.4) is 0 Å². The smallest absolute Gasteiger partial charge is 0.0967 e. The first kappa shape index (κ1) is 18.4. The number of hydrogen-bond donors (Lipinski definition) is 1. The van der Waals surface area contributed by atoms with Crippen LogP contribution in [0.5, 0.6) is 0 Å². The van der Waals surface area contributed by atoms with Gasteiger partial charge in [0.25, 0.3) is 0 Å². The van der Waals surface area contributed by atoms with Crippen molar-refractivity contribution in [2.75, 3.05) is 19.6 Å². The number of piperazine rings is 1. The lowest BCUT2D eigenvalue weighted by atomic mass is 10.0. The third-order valence-corrected chi connectivity index (χ3v) is 4.46. The fraction of sp³-hybridized carbons (Fsp3) is 0.333. The molecule has 1 aliphatic rings. The summed E-state index contributed by atoms with van der Waals surface area (Å²) < 4.78 is 1.87. The molecule has 0 amide bonds. The van der Waals surface area contributed by atoms with Gasteiger partial charge in [-0.25, -0.2) is 4.68 Å². The first-order valence-electron chi connectivity index (χ1n) is 8.51. The Balaban J connectivity index is 0.00000196. The normalized spacial score (nSPS) is 17.6. The highest BCUT2D eigenvalue weighted by molar-refractivity contribution is 5.85. The lowest BCUT2D eigenvalue weighted by Gasteiger charge is -2.35. The van der Waals surface area contributed by atoms with Crippen LogP contribution in [-0.4, -0.2) is 49.5 Å². The van der Waals surface area contributed by atoms with Gasteiger partial charge >= 0.3 is 0 Å². The Morgan fingerprint density at radius 1 is 1.08 bits per heavy atom. The topological polar surface area (TPSA) is 71.8 Å². The molecule has 4 heterocycles. The number of aromatic nitrogens is 5. The highest BCUT2D eigenvalue weighted by Crippen LogP contribution is 2.23. The van der Waals surface area contributed by atoms with Gasteiger partial charge in [0.05, 0.1) is 18.4 Å². The summed E-state index contributed by atoms with van der Waals surface area (Å²) >= 11 is 0. The van der Waals surface area contributed by atoms with E-state index < -0.39 is 0 Å². The van der Waals surface area contributed by atoms with Gasteiger partial charge < -0.3 is 5.32 Å². The lowest BCUT2D eigenvalue weighted by Crippen LogP contribution is -2.45. The fourth-order valence-corrected chi connectivity index (χ4v) is 3.22. The second kappa shape index (κ2) is 8.84. The highest BCUT2D eigenvalue weighted by Gasteiger charge is 2.24. The van der Waals surface area contributed by atoms with Crippen molar-refractivity contribution >= 4 is 12.4 Å². The first-order chi connectivity index (χ1) is 12.4. The molecule has 0 aromatic carbocycles. The summed E-state index contributed by atoms with van der Waals surface area (Å²) in [6.07, 6.45) is 9.37. The van der Waals surface area contributed by atoms with Crippen molar-refractivity contribution in [1.29, 1.82) is 0 Å². The van der Waals surface area contributed by atoms with Crippen molar-refractivity contribution in [1.82, 2.24) is 35.2 Å². The van der Waals surface area contributed by atoms with Crippen molar-refractivity contribution < 1.29 is 0 Å². The molecule has 3 aromatic rings. The van der Waals surface area contributed by atoms with E-state index in [0.717, 1.165) is 37.4 Å². The Hall–Kier alpha value is -2.35. The van der Waals surface area contributed by atoms with Gasteiger partial charge in [-0.2, -0.15) is 0 Å². The SMILES string of the molecule is Cl.c1cncc(Cn2cc(CN3CCNCC3c3ccncc3)nn2)c1. The second-order valence-electron chi connectivity index (χ2n) is 6.24. The summed E-state index contributed by atoms with van der Waals surface area (Å²) in [5, 5.41) is 12.1. The minimum atomic E-state index is 0. The van der Waals surface area contributed by atoms with E-state index in [4.69, 9.17) is 0 Å². The van der Waals surface area contributed by atoms with E-state index in [9.17, 15) is 0 Å². The molecular formula is C18H22ClN7. The Morgan fingerprint density at radius 3 is 2.77 bits per heavy atom. The summed E-state index contributed by atoms with van der Waals surface area (Å²) in [6.45, 7) is 4.40. The molecule has 0 aliphatic carbocycles. The van der Waals surface area contributed by atoms with E-state index >= 15 is 0 Å². The van der Waals surface area contributed by atoms with E-state index in [0.29, 0.717) is 12.6 Å². The summed E-state index contributed by atoms with van der Waals surface area (Å²) in [5.41, 5.74) is 3.39. The number of pyridine rings is 2. The van der Waals surface area contributed by atoms with E-state index in [1.54, 1.807) is 6.20 Å². The zero-order valence-electron chi connectivity index (χ0n) is 14.4. The third kappa shape index (κ3) is 4.43. The molecule has 3 aromatic heterocycles. The minimum Gasteiger partial charge on any atom is -0.314 e. The summed E-state index contributed by atoms with van der Waals surface area (Å²) in [7, 11) is 0. The highest BCUT2D eigenvalue weighted by atomic mass is 35.5. The van der Waals surface area contributed by atoms with Crippen LogP contribution in [0.25, 0.3) is 0 Å². The predicted molar refractivity (Wildman–Crippen MR) is 101 cm³/mol. The molecule has 1 N–H and O–H groups in total. The molecule has 1 saturated heterocycles. The number of nitrogens with zero attached hydrogens (tertiary/aromatic N) is 6. The van der Waals surface area contributed by atoms with Crippen LogP contribution < -0.4 is 5.32 Å².